The SMILES string of the molecule is CCCNCc1cc(OC)ccc1-c1ccc(C)cc1C. The first-order valence-corrected chi connectivity index (χ1v) is 7.61. The van der Waals surface area contributed by atoms with E-state index in [0.717, 1.165) is 25.3 Å². The molecule has 2 aromatic rings. The second-order valence-corrected chi connectivity index (χ2v) is 5.52. The summed E-state index contributed by atoms with van der Waals surface area (Å²) in [5.74, 6) is 0.914. The highest BCUT2D eigenvalue weighted by atomic mass is 16.5. The van der Waals surface area contributed by atoms with Gasteiger partial charge in [0.1, 0.15) is 5.75 Å². The minimum atomic E-state index is 0.869. The monoisotopic (exact) mass is 283 g/mol. The van der Waals surface area contributed by atoms with Crippen LogP contribution in [0.3, 0.4) is 0 Å². The van der Waals surface area contributed by atoms with Gasteiger partial charge in [0.2, 0.25) is 0 Å². The number of methoxy groups -OCH3 is 1. The Morgan fingerprint density at radius 2 is 1.76 bits per heavy atom. The molecule has 0 saturated carbocycles. The smallest absolute Gasteiger partial charge is 0.119 e. The molecule has 2 rings (SSSR count). The molecular formula is C19H25NO. The molecule has 1 N–H and O–H groups in total. The van der Waals surface area contributed by atoms with Crippen molar-refractivity contribution in [2.45, 2.75) is 33.7 Å². The summed E-state index contributed by atoms with van der Waals surface area (Å²) >= 11 is 0. The van der Waals surface area contributed by atoms with Crippen molar-refractivity contribution < 1.29 is 4.74 Å². The standard InChI is InChI=1S/C19H25NO/c1-5-10-20-13-16-12-17(21-4)7-9-19(16)18-8-6-14(2)11-15(18)3/h6-9,11-12,20H,5,10,13H2,1-4H3. The van der Waals surface area contributed by atoms with Crippen LogP contribution in [0.1, 0.15) is 30.0 Å². The normalized spacial score (nSPS) is 10.7. The first-order chi connectivity index (χ1) is 10.2. The molecule has 0 aliphatic heterocycles. The largest absolute Gasteiger partial charge is 0.497 e. The summed E-state index contributed by atoms with van der Waals surface area (Å²) in [5.41, 5.74) is 6.50. The molecule has 0 amide bonds. The molecule has 0 spiro atoms. The van der Waals surface area contributed by atoms with E-state index in [4.69, 9.17) is 4.74 Å². The van der Waals surface area contributed by atoms with E-state index in [2.05, 4.69) is 56.4 Å². The van der Waals surface area contributed by atoms with Gasteiger partial charge < -0.3 is 10.1 Å². The van der Waals surface area contributed by atoms with Crippen LogP contribution in [0.2, 0.25) is 0 Å². The number of rotatable bonds is 6. The van der Waals surface area contributed by atoms with Crippen LogP contribution >= 0.6 is 0 Å². The maximum Gasteiger partial charge on any atom is 0.119 e. The zero-order valence-corrected chi connectivity index (χ0v) is 13.5. The Labute approximate surface area is 128 Å². The molecule has 0 aromatic heterocycles. The molecule has 0 aliphatic carbocycles. The third kappa shape index (κ3) is 3.85. The molecule has 0 aliphatic rings. The maximum absolute atomic E-state index is 5.37. The van der Waals surface area contributed by atoms with Crippen LogP contribution in [0.15, 0.2) is 36.4 Å². The average molecular weight is 283 g/mol. The Balaban J connectivity index is 2.40. The fraction of sp³-hybridized carbons (Fsp3) is 0.368. The summed E-state index contributed by atoms with van der Waals surface area (Å²) in [4.78, 5) is 0. The highest BCUT2D eigenvalue weighted by Gasteiger charge is 2.09. The van der Waals surface area contributed by atoms with Crippen LogP contribution in [-0.4, -0.2) is 13.7 Å². The summed E-state index contributed by atoms with van der Waals surface area (Å²) in [6, 6.07) is 13.0. The molecule has 0 unspecified atom stereocenters. The molecule has 2 aromatic carbocycles. The van der Waals surface area contributed by atoms with Crippen molar-refractivity contribution in [1.29, 1.82) is 0 Å². The maximum atomic E-state index is 5.37. The van der Waals surface area contributed by atoms with Crippen LogP contribution in [0.4, 0.5) is 0 Å². The molecule has 2 nitrogen and oxygen atoms in total. The predicted molar refractivity (Wildman–Crippen MR) is 89.9 cm³/mol. The zero-order chi connectivity index (χ0) is 15.2. The second-order valence-electron chi connectivity index (χ2n) is 5.52. The molecule has 0 bridgehead atoms. The lowest BCUT2D eigenvalue weighted by Gasteiger charge is -2.15. The lowest BCUT2D eigenvalue weighted by Crippen LogP contribution is -2.14. The number of hydrogen-bond donors (Lipinski definition) is 1. The van der Waals surface area contributed by atoms with E-state index in [9.17, 15) is 0 Å². The molecule has 2 heteroatoms. The lowest BCUT2D eigenvalue weighted by molar-refractivity contribution is 0.414. The van der Waals surface area contributed by atoms with Crippen molar-refractivity contribution in [3.8, 4) is 16.9 Å². The van der Waals surface area contributed by atoms with E-state index in [0.29, 0.717) is 0 Å². The fourth-order valence-electron chi connectivity index (χ4n) is 2.62. The van der Waals surface area contributed by atoms with Crippen LogP contribution in [0, 0.1) is 13.8 Å². The minimum absolute atomic E-state index is 0.869. The molecule has 21 heavy (non-hydrogen) atoms. The molecule has 0 radical (unpaired) electrons. The van der Waals surface area contributed by atoms with Gasteiger partial charge in [0.15, 0.2) is 0 Å². The number of aryl methyl sites for hydroxylation is 2. The van der Waals surface area contributed by atoms with Gasteiger partial charge in [-0.3, -0.25) is 0 Å². The Hall–Kier alpha value is -1.80. The van der Waals surface area contributed by atoms with E-state index in [1.54, 1.807) is 7.11 Å². The quantitative estimate of drug-likeness (QED) is 0.789. The number of ether oxygens (including phenoxy) is 1. The van der Waals surface area contributed by atoms with Gasteiger partial charge in [0.25, 0.3) is 0 Å². The highest BCUT2D eigenvalue weighted by Crippen LogP contribution is 2.30. The third-order valence-corrected chi connectivity index (χ3v) is 3.73. The van der Waals surface area contributed by atoms with Crippen LogP contribution in [0.5, 0.6) is 5.75 Å². The van der Waals surface area contributed by atoms with Crippen molar-refractivity contribution in [2.75, 3.05) is 13.7 Å². The fourth-order valence-corrected chi connectivity index (χ4v) is 2.62. The van der Waals surface area contributed by atoms with E-state index in [-0.39, 0.29) is 0 Å². The topological polar surface area (TPSA) is 21.3 Å². The molecule has 0 atom stereocenters. The van der Waals surface area contributed by atoms with Gasteiger partial charge in [0, 0.05) is 6.54 Å². The van der Waals surface area contributed by atoms with Crippen molar-refractivity contribution >= 4 is 0 Å². The van der Waals surface area contributed by atoms with Crippen molar-refractivity contribution in [2.24, 2.45) is 0 Å². The number of benzene rings is 2. The van der Waals surface area contributed by atoms with Crippen molar-refractivity contribution in [1.82, 2.24) is 5.32 Å². The Morgan fingerprint density at radius 1 is 1.00 bits per heavy atom. The first-order valence-electron chi connectivity index (χ1n) is 7.61. The van der Waals surface area contributed by atoms with Gasteiger partial charge in [-0.2, -0.15) is 0 Å². The van der Waals surface area contributed by atoms with Crippen molar-refractivity contribution in [3.63, 3.8) is 0 Å². The Kier molecular flexibility index (Phi) is 5.40. The summed E-state index contributed by atoms with van der Waals surface area (Å²) in [6.45, 7) is 8.39. The van der Waals surface area contributed by atoms with Gasteiger partial charge in [0.05, 0.1) is 7.11 Å². The summed E-state index contributed by atoms with van der Waals surface area (Å²) < 4.78 is 5.37. The van der Waals surface area contributed by atoms with Gasteiger partial charge in [-0.15, -0.1) is 0 Å². The van der Waals surface area contributed by atoms with E-state index >= 15 is 0 Å². The van der Waals surface area contributed by atoms with Gasteiger partial charge >= 0.3 is 0 Å². The first kappa shape index (κ1) is 15.6. The lowest BCUT2D eigenvalue weighted by atomic mass is 9.94. The van der Waals surface area contributed by atoms with E-state index in [1.165, 1.54) is 27.8 Å². The second kappa shape index (κ2) is 7.28. The van der Waals surface area contributed by atoms with Gasteiger partial charge in [-0.25, -0.2) is 0 Å². The van der Waals surface area contributed by atoms with Crippen LogP contribution in [0.25, 0.3) is 11.1 Å². The number of nitrogens with one attached hydrogen (secondary N) is 1. The average Bonchev–Trinajstić information content (AvgIpc) is 2.48. The van der Waals surface area contributed by atoms with E-state index in [1.807, 2.05) is 6.07 Å². The summed E-state index contributed by atoms with van der Waals surface area (Å²) in [7, 11) is 1.72. The number of hydrogen-bond acceptors (Lipinski definition) is 2. The summed E-state index contributed by atoms with van der Waals surface area (Å²) in [5, 5.41) is 3.49. The molecular weight excluding hydrogens is 258 g/mol. The highest BCUT2D eigenvalue weighted by molar-refractivity contribution is 5.71. The van der Waals surface area contributed by atoms with Gasteiger partial charge in [-0.05, 0) is 61.2 Å². The zero-order valence-electron chi connectivity index (χ0n) is 13.5. The summed E-state index contributed by atoms with van der Waals surface area (Å²) in [6.07, 6.45) is 1.14. The van der Waals surface area contributed by atoms with Crippen molar-refractivity contribution in [3.05, 3.63) is 53.1 Å². The molecule has 112 valence electrons. The third-order valence-electron chi connectivity index (χ3n) is 3.73. The molecule has 0 fully saturated rings. The Morgan fingerprint density at radius 3 is 2.43 bits per heavy atom. The van der Waals surface area contributed by atoms with Gasteiger partial charge in [-0.1, -0.05) is 36.8 Å². The van der Waals surface area contributed by atoms with Crippen LogP contribution in [-0.2, 0) is 6.54 Å². The van der Waals surface area contributed by atoms with Crippen LogP contribution < -0.4 is 10.1 Å². The molecule has 0 heterocycles. The minimum Gasteiger partial charge on any atom is -0.497 e. The molecule has 0 saturated heterocycles. The van der Waals surface area contributed by atoms with E-state index < -0.39 is 0 Å². The predicted octanol–water partition coefficient (Wildman–Crippen LogP) is 4.48. The Bertz CT molecular complexity index is 605.